The molecule has 0 bridgehead atoms. The number of carbonyl (C=O) groups excluding carboxylic acids is 1. The van der Waals surface area contributed by atoms with Gasteiger partial charge in [-0.2, -0.15) is 0 Å². The number of hydrogen-bond donors (Lipinski definition) is 0. The van der Waals surface area contributed by atoms with Crippen molar-refractivity contribution in [3.05, 3.63) is 29.3 Å². The van der Waals surface area contributed by atoms with Crippen LogP contribution < -0.4 is 0 Å². The molecule has 0 radical (unpaired) electrons. The largest absolute Gasteiger partial charge is 0.462 e. The Balaban J connectivity index is 2.10. The Kier molecular flexibility index (Phi) is 4.16. The van der Waals surface area contributed by atoms with Gasteiger partial charge in [-0.05, 0) is 29.7 Å². The third-order valence-corrected chi connectivity index (χ3v) is 4.46. The lowest BCUT2D eigenvalue weighted by atomic mass is 10.1. The van der Waals surface area contributed by atoms with Gasteiger partial charge >= 0.3 is 5.97 Å². The zero-order valence-corrected chi connectivity index (χ0v) is 12.1. The van der Waals surface area contributed by atoms with Crippen LogP contribution in [0.25, 0.3) is 0 Å². The van der Waals surface area contributed by atoms with Crippen LogP contribution in [0.15, 0.2) is 23.1 Å². The smallest absolute Gasteiger partial charge is 0.306 e. The van der Waals surface area contributed by atoms with Gasteiger partial charge in [-0.3, -0.25) is 4.79 Å². The SMILES string of the molecule is CCCC(=O)OC1Cc2ccc(S(=O)(=O)Cl)cc2C1. The lowest BCUT2D eigenvalue weighted by Gasteiger charge is -2.10. The zero-order chi connectivity index (χ0) is 14.0. The highest BCUT2D eigenvalue weighted by Gasteiger charge is 2.26. The molecule has 0 spiro atoms. The average molecular weight is 303 g/mol. The topological polar surface area (TPSA) is 60.4 Å². The van der Waals surface area contributed by atoms with E-state index >= 15 is 0 Å². The molecular weight excluding hydrogens is 288 g/mol. The average Bonchev–Trinajstić information content (AvgIpc) is 2.68. The van der Waals surface area contributed by atoms with Crippen LogP contribution in [0.4, 0.5) is 0 Å². The molecule has 1 aliphatic rings. The van der Waals surface area contributed by atoms with E-state index in [1.54, 1.807) is 12.1 Å². The number of halogens is 1. The van der Waals surface area contributed by atoms with E-state index in [9.17, 15) is 13.2 Å². The molecule has 0 heterocycles. The van der Waals surface area contributed by atoms with E-state index in [2.05, 4.69) is 0 Å². The molecule has 1 aromatic carbocycles. The molecule has 1 unspecified atom stereocenters. The number of hydrogen-bond acceptors (Lipinski definition) is 4. The van der Waals surface area contributed by atoms with E-state index in [0.717, 1.165) is 17.5 Å². The van der Waals surface area contributed by atoms with Gasteiger partial charge < -0.3 is 4.74 Å². The molecule has 0 N–H and O–H groups in total. The van der Waals surface area contributed by atoms with Crippen LogP contribution >= 0.6 is 10.7 Å². The van der Waals surface area contributed by atoms with Crippen LogP contribution in [0.3, 0.4) is 0 Å². The molecule has 1 aromatic rings. The molecule has 0 saturated heterocycles. The van der Waals surface area contributed by atoms with Crippen molar-refractivity contribution in [3.63, 3.8) is 0 Å². The molecule has 1 atom stereocenters. The lowest BCUT2D eigenvalue weighted by Crippen LogP contribution is -2.17. The van der Waals surface area contributed by atoms with Crippen LogP contribution in [0.1, 0.15) is 30.9 Å². The Hall–Kier alpha value is -1.07. The maximum absolute atomic E-state index is 11.4. The minimum Gasteiger partial charge on any atom is -0.462 e. The number of ether oxygens (including phenoxy) is 1. The second kappa shape index (κ2) is 5.51. The molecule has 0 fully saturated rings. The van der Waals surface area contributed by atoms with Gasteiger partial charge in [0.2, 0.25) is 0 Å². The lowest BCUT2D eigenvalue weighted by molar-refractivity contribution is -0.148. The molecule has 19 heavy (non-hydrogen) atoms. The van der Waals surface area contributed by atoms with Gasteiger partial charge in [0.1, 0.15) is 6.10 Å². The second-order valence-corrected chi connectivity index (χ2v) is 7.20. The van der Waals surface area contributed by atoms with Crippen molar-refractivity contribution < 1.29 is 17.9 Å². The Morgan fingerprint density at radius 2 is 2.05 bits per heavy atom. The van der Waals surface area contributed by atoms with E-state index in [0.29, 0.717) is 19.3 Å². The fourth-order valence-electron chi connectivity index (χ4n) is 2.24. The minimum atomic E-state index is -3.71. The van der Waals surface area contributed by atoms with Crippen molar-refractivity contribution in [3.8, 4) is 0 Å². The van der Waals surface area contributed by atoms with E-state index in [1.165, 1.54) is 6.07 Å². The highest BCUT2D eigenvalue weighted by molar-refractivity contribution is 8.13. The molecule has 6 heteroatoms. The summed E-state index contributed by atoms with van der Waals surface area (Å²) >= 11 is 0. The van der Waals surface area contributed by atoms with Gasteiger partial charge in [-0.1, -0.05) is 13.0 Å². The van der Waals surface area contributed by atoms with E-state index < -0.39 is 9.05 Å². The van der Waals surface area contributed by atoms with Crippen molar-refractivity contribution >= 4 is 25.7 Å². The first-order valence-electron chi connectivity index (χ1n) is 6.16. The summed E-state index contributed by atoms with van der Waals surface area (Å²) in [7, 11) is 1.60. The van der Waals surface area contributed by atoms with Crippen molar-refractivity contribution in [2.75, 3.05) is 0 Å². The van der Waals surface area contributed by atoms with Gasteiger partial charge in [0.25, 0.3) is 9.05 Å². The van der Waals surface area contributed by atoms with E-state index in [4.69, 9.17) is 15.4 Å². The molecule has 1 aliphatic carbocycles. The first-order valence-corrected chi connectivity index (χ1v) is 8.47. The normalized spacial score (nSPS) is 18.1. The summed E-state index contributed by atoms with van der Waals surface area (Å²) in [6, 6.07) is 4.78. The Bertz CT molecular complexity index is 595. The number of benzene rings is 1. The molecule has 2 rings (SSSR count). The van der Waals surface area contributed by atoms with Gasteiger partial charge in [0.05, 0.1) is 4.90 Å². The summed E-state index contributed by atoms with van der Waals surface area (Å²) in [5.74, 6) is -0.203. The summed E-state index contributed by atoms with van der Waals surface area (Å²) in [6.07, 6.45) is 2.15. The van der Waals surface area contributed by atoms with Crippen molar-refractivity contribution in [2.45, 2.75) is 43.6 Å². The highest BCUT2D eigenvalue weighted by Crippen LogP contribution is 2.28. The molecule has 0 aliphatic heterocycles. The maximum atomic E-state index is 11.4. The Labute approximate surface area is 117 Å². The van der Waals surface area contributed by atoms with Crippen molar-refractivity contribution in [1.82, 2.24) is 0 Å². The van der Waals surface area contributed by atoms with Crippen LogP contribution in [0, 0.1) is 0 Å². The molecule has 0 aromatic heterocycles. The third kappa shape index (κ3) is 3.48. The number of fused-ring (bicyclic) bond motifs is 1. The predicted molar refractivity (Wildman–Crippen MR) is 71.7 cm³/mol. The van der Waals surface area contributed by atoms with Gasteiger partial charge in [-0.25, -0.2) is 8.42 Å². The fraction of sp³-hybridized carbons (Fsp3) is 0.462. The molecule has 0 saturated carbocycles. The fourth-order valence-corrected chi connectivity index (χ4v) is 3.04. The summed E-state index contributed by atoms with van der Waals surface area (Å²) in [5.41, 5.74) is 1.90. The number of carbonyl (C=O) groups is 1. The molecular formula is C13H15ClO4S. The van der Waals surface area contributed by atoms with E-state index in [1.807, 2.05) is 6.92 Å². The van der Waals surface area contributed by atoms with Crippen LogP contribution in [-0.2, 0) is 31.4 Å². The monoisotopic (exact) mass is 302 g/mol. The second-order valence-electron chi connectivity index (χ2n) is 4.64. The summed E-state index contributed by atoms with van der Waals surface area (Å²) in [4.78, 5) is 11.5. The van der Waals surface area contributed by atoms with E-state index in [-0.39, 0.29) is 17.0 Å². The van der Waals surface area contributed by atoms with Gasteiger partial charge in [-0.15, -0.1) is 0 Å². The maximum Gasteiger partial charge on any atom is 0.306 e. The van der Waals surface area contributed by atoms with Gasteiger partial charge in [0.15, 0.2) is 0 Å². The summed E-state index contributed by atoms with van der Waals surface area (Å²) < 4.78 is 27.9. The summed E-state index contributed by atoms with van der Waals surface area (Å²) in [6.45, 7) is 1.92. The van der Waals surface area contributed by atoms with Crippen LogP contribution in [0.2, 0.25) is 0 Å². The molecule has 0 amide bonds. The third-order valence-electron chi connectivity index (χ3n) is 3.11. The van der Waals surface area contributed by atoms with Gasteiger partial charge in [0, 0.05) is 29.9 Å². The Morgan fingerprint density at radius 1 is 1.37 bits per heavy atom. The number of esters is 1. The molecule has 4 nitrogen and oxygen atoms in total. The van der Waals surface area contributed by atoms with Crippen molar-refractivity contribution in [1.29, 1.82) is 0 Å². The Morgan fingerprint density at radius 3 is 2.68 bits per heavy atom. The van der Waals surface area contributed by atoms with Crippen LogP contribution in [0.5, 0.6) is 0 Å². The zero-order valence-electron chi connectivity index (χ0n) is 10.6. The quantitative estimate of drug-likeness (QED) is 0.633. The first kappa shape index (κ1) is 14.3. The first-order chi connectivity index (χ1) is 8.90. The number of rotatable bonds is 4. The van der Waals surface area contributed by atoms with Crippen LogP contribution in [-0.4, -0.2) is 20.5 Å². The minimum absolute atomic E-state index is 0.0912. The highest BCUT2D eigenvalue weighted by atomic mass is 35.7. The molecule has 104 valence electrons. The summed E-state index contributed by atoms with van der Waals surface area (Å²) in [5, 5.41) is 0. The standard InChI is InChI=1S/C13H15ClO4S/c1-2-3-13(15)18-11-6-9-4-5-12(19(14,16)17)8-10(9)7-11/h4-5,8,11H,2-3,6-7H2,1H3. The van der Waals surface area contributed by atoms with Crippen molar-refractivity contribution in [2.24, 2.45) is 0 Å². The predicted octanol–water partition coefficient (Wildman–Crippen LogP) is 2.42.